The van der Waals surface area contributed by atoms with Crippen LogP contribution in [0.5, 0.6) is 0 Å². The lowest BCUT2D eigenvalue weighted by Crippen LogP contribution is -2.43. The molecule has 3 nitrogen and oxygen atoms in total. The largest absolute Gasteiger partial charge is 0.330 e. The number of nitrogens with two attached hydrogens (primary N) is 1. The van der Waals surface area contributed by atoms with Gasteiger partial charge in [-0.3, -0.25) is 4.90 Å². The van der Waals surface area contributed by atoms with Crippen LogP contribution in [-0.4, -0.2) is 29.0 Å². The second kappa shape index (κ2) is 5.94. The Labute approximate surface area is 108 Å². The molecule has 1 aromatic rings. The lowest BCUT2D eigenvalue weighted by Gasteiger charge is -2.37. The maximum atomic E-state index is 5.79. The van der Waals surface area contributed by atoms with Crippen molar-refractivity contribution >= 4 is 11.3 Å². The molecular weight excluding hydrogens is 230 g/mol. The third-order valence-corrected chi connectivity index (χ3v) is 4.75. The molecule has 0 bridgehead atoms. The zero-order valence-corrected chi connectivity index (χ0v) is 11.7. The van der Waals surface area contributed by atoms with Gasteiger partial charge in [-0.15, -0.1) is 11.3 Å². The molecule has 0 aromatic carbocycles. The van der Waals surface area contributed by atoms with E-state index in [0.717, 1.165) is 26.1 Å². The maximum Gasteiger partial charge on any atom is 0.0926 e. The van der Waals surface area contributed by atoms with Gasteiger partial charge < -0.3 is 5.73 Å². The van der Waals surface area contributed by atoms with E-state index in [9.17, 15) is 0 Å². The fourth-order valence-electron chi connectivity index (χ4n) is 2.47. The lowest BCUT2D eigenvalue weighted by atomic mass is 9.93. The van der Waals surface area contributed by atoms with Gasteiger partial charge in [-0.2, -0.15) is 0 Å². The highest BCUT2D eigenvalue weighted by atomic mass is 32.1. The predicted octanol–water partition coefficient (Wildman–Crippen LogP) is 2.26. The molecule has 0 aliphatic carbocycles. The number of thiazole rings is 1. The molecule has 0 amide bonds. The van der Waals surface area contributed by atoms with Crippen molar-refractivity contribution in [2.24, 2.45) is 11.7 Å². The van der Waals surface area contributed by atoms with Crippen molar-refractivity contribution in [1.82, 2.24) is 9.88 Å². The minimum Gasteiger partial charge on any atom is -0.330 e. The number of aromatic nitrogens is 1. The van der Waals surface area contributed by atoms with Crippen molar-refractivity contribution in [2.45, 2.75) is 45.7 Å². The molecule has 2 atom stereocenters. The molecule has 2 rings (SSSR count). The van der Waals surface area contributed by atoms with Crippen LogP contribution < -0.4 is 5.73 Å². The van der Waals surface area contributed by atoms with Crippen molar-refractivity contribution < 1.29 is 0 Å². The van der Waals surface area contributed by atoms with Crippen LogP contribution in [0.25, 0.3) is 0 Å². The molecule has 2 heterocycles. The number of likely N-dealkylation sites (tertiary alicyclic amines) is 1. The fourth-order valence-corrected chi connectivity index (χ4v) is 3.20. The van der Waals surface area contributed by atoms with Crippen molar-refractivity contribution in [1.29, 1.82) is 0 Å². The molecule has 0 saturated carbocycles. The van der Waals surface area contributed by atoms with Crippen molar-refractivity contribution in [3.63, 3.8) is 0 Å². The summed E-state index contributed by atoms with van der Waals surface area (Å²) in [6.07, 6.45) is 3.60. The summed E-state index contributed by atoms with van der Waals surface area (Å²) in [4.78, 5) is 7.19. The molecule has 1 aromatic heterocycles. The van der Waals surface area contributed by atoms with E-state index < -0.39 is 0 Å². The summed E-state index contributed by atoms with van der Waals surface area (Å²) in [5, 5.41) is 3.46. The molecule has 1 aliphatic rings. The second-order valence-corrected chi connectivity index (χ2v) is 5.99. The van der Waals surface area contributed by atoms with Crippen molar-refractivity contribution in [2.75, 3.05) is 13.1 Å². The van der Waals surface area contributed by atoms with Gasteiger partial charge >= 0.3 is 0 Å². The SMILES string of the molecule is CCc1nc(CN2CC(CN)CCC2C)cs1. The van der Waals surface area contributed by atoms with E-state index in [2.05, 4.69) is 29.1 Å². The van der Waals surface area contributed by atoms with E-state index in [0.29, 0.717) is 12.0 Å². The average molecular weight is 253 g/mol. The van der Waals surface area contributed by atoms with E-state index in [-0.39, 0.29) is 0 Å². The summed E-state index contributed by atoms with van der Waals surface area (Å²) < 4.78 is 0. The minimum absolute atomic E-state index is 0.671. The van der Waals surface area contributed by atoms with Crippen LogP contribution in [0.1, 0.15) is 37.4 Å². The predicted molar refractivity (Wildman–Crippen MR) is 73.1 cm³/mol. The molecule has 96 valence electrons. The van der Waals surface area contributed by atoms with Gasteiger partial charge in [-0.05, 0) is 38.6 Å². The zero-order valence-electron chi connectivity index (χ0n) is 10.9. The number of nitrogens with zero attached hydrogens (tertiary/aromatic N) is 2. The summed E-state index contributed by atoms with van der Waals surface area (Å²) >= 11 is 1.78. The molecule has 0 radical (unpaired) electrons. The van der Waals surface area contributed by atoms with Gasteiger partial charge in [0.1, 0.15) is 0 Å². The molecule has 1 fully saturated rings. The van der Waals surface area contributed by atoms with E-state index in [4.69, 9.17) is 5.73 Å². The van der Waals surface area contributed by atoms with Gasteiger partial charge in [-0.25, -0.2) is 4.98 Å². The van der Waals surface area contributed by atoms with Crippen LogP contribution >= 0.6 is 11.3 Å². The van der Waals surface area contributed by atoms with E-state index in [1.807, 2.05) is 0 Å². The van der Waals surface area contributed by atoms with Crippen LogP contribution in [0, 0.1) is 5.92 Å². The van der Waals surface area contributed by atoms with E-state index in [1.165, 1.54) is 23.5 Å². The highest BCUT2D eigenvalue weighted by molar-refractivity contribution is 7.09. The topological polar surface area (TPSA) is 42.2 Å². The Morgan fingerprint density at radius 3 is 3.00 bits per heavy atom. The standard InChI is InChI=1S/C13H23N3S/c1-3-13-15-12(9-17-13)8-16-7-11(6-14)5-4-10(16)2/h9-11H,3-8,14H2,1-2H3. The Morgan fingerprint density at radius 2 is 2.35 bits per heavy atom. The molecule has 0 spiro atoms. The van der Waals surface area contributed by atoms with E-state index in [1.54, 1.807) is 11.3 Å². The first-order chi connectivity index (χ1) is 8.22. The second-order valence-electron chi connectivity index (χ2n) is 5.04. The van der Waals surface area contributed by atoms with Crippen LogP contribution in [0.3, 0.4) is 0 Å². The zero-order chi connectivity index (χ0) is 12.3. The molecule has 17 heavy (non-hydrogen) atoms. The van der Waals surface area contributed by atoms with Gasteiger partial charge in [0, 0.05) is 24.5 Å². The maximum absolute atomic E-state index is 5.79. The first-order valence-electron chi connectivity index (χ1n) is 6.60. The number of hydrogen-bond acceptors (Lipinski definition) is 4. The summed E-state index contributed by atoms with van der Waals surface area (Å²) in [7, 11) is 0. The monoisotopic (exact) mass is 253 g/mol. The number of hydrogen-bond donors (Lipinski definition) is 1. The molecule has 1 aliphatic heterocycles. The molecule has 1 saturated heterocycles. The van der Waals surface area contributed by atoms with Crippen LogP contribution in [0.2, 0.25) is 0 Å². The summed E-state index contributed by atoms with van der Waals surface area (Å²) in [6.45, 7) is 7.43. The minimum atomic E-state index is 0.671. The third-order valence-electron chi connectivity index (χ3n) is 3.71. The molecular formula is C13H23N3S. The Bertz CT molecular complexity index is 350. The van der Waals surface area contributed by atoms with Gasteiger partial charge in [0.25, 0.3) is 0 Å². The first kappa shape index (κ1) is 13.0. The van der Waals surface area contributed by atoms with Gasteiger partial charge in [0.2, 0.25) is 0 Å². The summed E-state index contributed by atoms with van der Waals surface area (Å²) in [6, 6.07) is 0.671. The Balaban J connectivity index is 1.96. The molecule has 4 heteroatoms. The van der Waals surface area contributed by atoms with Crippen molar-refractivity contribution in [3.05, 3.63) is 16.1 Å². The smallest absolute Gasteiger partial charge is 0.0926 e. The molecule has 2 unspecified atom stereocenters. The number of rotatable bonds is 4. The van der Waals surface area contributed by atoms with Gasteiger partial charge in [0.15, 0.2) is 0 Å². The lowest BCUT2D eigenvalue weighted by molar-refractivity contribution is 0.112. The first-order valence-corrected chi connectivity index (χ1v) is 7.48. The van der Waals surface area contributed by atoms with Gasteiger partial charge in [0.05, 0.1) is 10.7 Å². The normalized spacial score (nSPS) is 26.3. The Hall–Kier alpha value is -0.450. The Morgan fingerprint density at radius 1 is 1.53 bits per heavy atom. The van der Waals surface area contributed by atoms with Crippen molar-refractivity contribution in [3.8, 4) is 0 Å². The number of piperidine rings is 1. The average Bonchev–Trinajstić information content (AvgIpc) is 2.80. The highest BCUT2D eigenvalue weighted by Crippen LogP contribution is 2.23. The third kappa shape index (κ3) is 3.27. The molecule has 2 N–H and O–H groups in total. The van der Waals surface area contributed by atoms with Crippen LogP contribution in [0.15, 0.2) is 5.38 Å². The number of aryl methyl sites for hydroxylation is 1. The van der Waals surface area contributed by atoms with E-state index >= 15 is 0 Å². The summed E-state index contributed by atoms with van der Waals surface area (Å²) in [5.74, 6) is 0.676. The fraction of sp³-hybridized carbons (Fsp3) is 0.769. The highest BCUT2D eigenvalue weighted by Gasteiger charge is 2.24. The quantitative estimate of drug-likeness (QED) is 0.895. The Kier molecular flexibility index (Phi) is 4.54. The van der Waals surface area contributed by atoms with Gasteiger partial charge in [-0.1, -0.05) is 6.92 Å². The van der Waals surface area contributed by atoms with Crippen LogP contribution in [0.4, 0.5) is 0 Å². The summed E-state index contributed by atoms with van der Waals surface area (Å²) in [5.41, 5.74) is 7.02. The van der Waals surface area contributed by atoms with Crippen LogP contribution in [-0.2, 0) is 13.0 Å².